The average molecular weight is 333 g/mol. The molecular formula is C15H15N3O2S2. The summed E-state index contributed by atoms with van der Waals surface area (Å²) in [5.41, 5.74) is 1.86. The quantitative estimate of drug-likeness (QED) is 0.630. The van der Waals surface area contributed by atoms with Crippen LogP contribution in [-0.4, -0.2) is 21.2 Å². The monoisotopic (exact) mass is 333 g/mol. The van der Waals surface area contributed by atoms with Crippen LogP contribution in [0, 0.1) is 6.92 Å². The summed E-state index contributed by atoms with van der Waals surface area (Å²) in [6.45, 7) is 4.53. The average Bonchev–Trinajstić information content (AvgIpc) is 3.15. The molecule has 0 saturated heterocycles. The van der Waals surface area contributed by atoms with Gasteiger partial charge in [0.1, 0.15) is 5.75 Å². The van der Waals surface area contributed by atoms with Crippen LogP contribution in [0.4, 0.5) is 0 Å². The van der Waals surface area contributed by atoms with Crippen molar-refractivity contribution in [2.45, 2.75) is 24.8 Å². The first-order chi connectivity index (χ1) is 10.8. The Balaban J connectivity index is 1.73. The van der Waals surface area contributed by atoms with Gasteiger partial charge in [-0.3, -0.25) is 0 Å². The van der Waals surface area contributed by atoms with Crippen molar-refractivity contribution < 1.29 is 9.15 Å². The van der Waals surface area contributed by atoms with Crippen LogP contribution < -0.4 is 4.74 Å². The van der Waals surface area contributed by atoms with Gasteiger partial charge in [0.15, 0.2) is 0 Å². The van der Waals surface area contributed by atoms with Crippen molar-refractivity contribution in [2.75, 3.05) is 6.61 Å². The summed E-state index contributed by atoms with van der Waals surface area (Å²) in [6, 6.07) is 9.73. The molecule has 22 heavy (non-hydrogen) atoms. The van der Waals surface area contributed by atoms with Gasteiger partial charge in [-0.25, -0.2) is 0 Å². The van der Waals surface area contributed by atoms with Gasteiger partial charge in [-0.2, -0.15) is 4.37 Å². The van der Waals surface area contributed by atoms with E-state index in [0.29, 0.717) is 17.7 Å². The van der Waals surface area contributed by atoms with E-state index < -0.39 is 0 Å². The van der Waals surface area contributed by atoms with Gasteiger partial charge in [0.05, 0.1) is 17.9 Å². The first-order valence-corrected chi connectivity index (χ1v) is 8.63. The van der Waals surface area contributed by atoms with Crippen molar-refractivity contribution in [3.8, 4) is 17.2 Å². The number of para-hydroxylation sites is 1. The Morgan fingerprint density at radius 2 is 2.14 bits per heavy atom. The molecule has 2 aromatic heterocycles. The standard InChI is InChI=1S/C15H15N3O2S2/c1-3-19-13-7-5-4-6-12(13)14-16-17-15(20-14)21-9-11-8-10(2)18-22-11/h4-8H,3,9H2,1-2H3. The van der Waals surface area contributed by atoms with E-state index in [4.69, 9.17) is 9.15 Å². The molecule has 0 saturated carbocycles. The molecule has 3 rings (SSSR count). The molecule has 0 spiro atoms. The summed E-state index contributed by atoms with van der Waals surface area (Å²) in [4.78, 5) is 1.19. The minimum absolute atomic E-state index is 0.479. The third kappa shape index (κ3) is 3.48. The number of aromatic nitrogens is 3. The van der Waals surface area contributed by atoms with E-state index in [9.17, 15) is 0 Å². The Morgan fingerprint density at radius 1 is 1.27 bits per heavy atom. The summed E-state index contributed by atoms with van der Waals surface area (Å²) in [7, 11) is 0. The lowest BCUT2D eigenvalue weighted by molar-refractivity contribution is 0.340. The molecule has 0 amide bonds. The molecule has 0 N–H and O–H groups in total. The summed E-state index contributed by atoms with van der Waals surface area (Å²) in [6.07, 6.45) is 0. The van der Waals surface area contributed by atoms with Gasteiger partial charge in [0.25, 0.3) is 11.1 Å². The van der Waals surface area contributed by atoms with Crippen LogP contribution in [0.2, 0.25) is 0 Å². The number of thioether (sulfide) groups is 1. The van der Waals surface area contributed by atoms with Crippen molar-refractivity contribution in [1.29, 1.82) is 0 Å². The zero-order valence-electron chi connectivity index (χ0n) is 12.3. The van der Waals surface area contributed by atoms with E-state index >= 15 is 0 Å². The Kier molecular flexibility index (Phi) is 4.74. The number of hydrogen-bond acceptors (Lipinski definition) is 7. The lowest BCUT2D eigenvalue weighted by Gasteiger charge is -2.05. The molecule has 0 fully saturated rings. The van der Waals surface area contributed by atoms with Gasteiger partial charge in [0, 0.05) is 10.6 Å². The topological polar surface area (TPSA) is 61.0 Å². The lowest BCUT2D eigenvalue weighted by Crippen LogP contribution is -1.93. The fraction of sp³-hybridized carbons (Fsp3) is 0.267. The fourth-order valence-electron chi connectivity index (χ4n) is 1.92. The van der Waals surface area contributed by atoms with Crippen molar-refractivity contribution in [2.24, 2.45) is 0 Å². The van der Waals surface area contributed by atoms with E-state index in [0.717, 1.165) is 22.8 Å². The molecule has 114 valence electrons. The normalized spacial score (nSPS) is 10.8. The van der Waals surface area contributed by atoms with Gasteiger partial charge in [-0.05, 0) is 43.6 Å². The number of ether oxygens (including phenoxy) is 1. The summed E-state index contributed by atoms with van der Waals surface area (Å²) in [5, 5.41) is 8.76. The molecular weight excluding hydrogens is 318 g/mol. The first-order valence-electron chi connectivity index (χ1n) is 6.87. The van der Waals surface area contributed by atoms with Gasteiger partial charge < -0.3 is 9.15 Å². The van der Waals surface area contributed by atoms with Crippen LogP contribution in [0.3, 0.4) is 0 Å². The van der Waals surface area contributed by atoms with E-state index in [2.05, 4.69) is 20.6 Å². The zero-order valence-corrected chi connectivity index (χ0v) is 13.9. The summed E-state index contributed by atoms with van der Waals surface area (Å²) < 4.78 is 15.6. The highest BCUT2D eigenvalue weighted by Gasteiger charge is 2.14. The second kappa shape index (κ2) is 6.93. The predicted molar refractivity (Wildman–Crippen MR) is 87.3 cm³/mol. The van der Waals surface area contributed by atoms with E-state index in [1.54, 1.807) is 0 Å². The van der Waals surface area contributed by atoms with Crippen molar-refractivity contribution in [3.63, 3.8) is 0 Å². The number of hydrogen-bond donors (Lipinski definition) is 0. The maximum Gasteiger partial charge on any atom is 0.277 e. The minimum Gasteiger partial charge on any atom is -0.493 e. The van der Waals surface area contributed by atoms with Crippen molar-refractivity contribution in [1.82, 2.24) is 14.6 Å². The van der Waals surface area contributed by atoms with Crippen LogP contribution in [0.1, 0.15) is 17.5 Å². The molecule has 0 bridgehead atoms. The summed E-state index contributed by atoms with van der Waals surface area (Å²) in [5.74, 6) is 2.01. The van der Waals surface area contributed by atoms with Gasteiger partial charge in [0.2, 0.25) is 0 Å². The second-order valence-corrected chi connectivity index (χ2v) is 6.34. The number of benzene rings is 1. The predicted octanol–water partition coefficient (Wildman–Crippen LogP) is 4.19. The Morgan fingerprint density at radius 3 is 2.91 bits per heavy atom. The molecule has 3 aromatic rings. The molecule has 5 nitrogen and oxygen atoms in total. The zero-order chi connectivity index (χ0) is 15.4. The van der Waals surface area contributed by atoms with Crippen LogP contribution in [0.25, 0.3) is 11.5 Å². The van der Waals surface area contributed by atoms with Crippen molar-refractivity contribution >= 4 is 23.3 Å². The second-order valence-electron chi connectivity index (χ2n) is 4.53. The van der Waals surface area contributed by atoms with Gasteiger partial charge in [-0.15, -0.1) is 10.2 Å². The minimum atomic E-state index is 0.479. The van der Waals surface area contributed by atoms with Crippen molar-refractivity contribution in [3.05, 3.63) is 40.9 Å². The maximum atomic E-state index is 5.73. The molecule has 1 aromatic carbocycles. The molecule has 0 aliphatic rings. The third-order valence-corrected chi connectivity index (χ3v) is 4.76. The Hall–Kier alpha value is -1.86. The number of aryl methyl sites for hydroxylation is 1. The van der Waals surface area contributed by atoms with Gasteiger partial charge in [-0.1, -0.05) is 23.9 Å². The highest BCUT2D eigenvalue weighted by atomic mass is 32.2. The van der Waals surface area contributed by atoms with Crippen LogP contribution in [-0.2, 0) is 5.75 Å². The third-order valence-electron chi connectivity index (χ3n) is 2.84. The Labute approximate surface area is 136 Å². The highest BCUT2D eigenvalue weighted by molar-refractivity contribution is 7.98. The maximum absolute atomic E-state index is 5.73. The molecule has 0 aliphatic heterocycles. The summed E-state index contributed by atoms with van der Waals surface area (Å²) >= 11 is 3.01. The number of rotatable bonds is 6. The molecule has 0 aliphatic carbocycles. The Bertz CT molecular complexity index is 755. The van der Waals surface area contributed by atoms with E-state index in [1.165, 1.54) is 28.2 Å². The SMILES string of the molecule is CCOc1ccccc1-c1nnc(SCc2cc(C)ns2)o1. The number of nitrogens with zero attached hydrogens (tertiary/aromatic N) is 3. The smallest absolute Gasteiger partial charge is 0.277 e. The van der Waals surface area contributed by atoms with E-state index in [-0.39, 0.29) is 0 Å². The van der Waals surface area contributed by atoms with Crippen LogP contribution >= 0.6 is 23.3 Å². The molecule has 0 radical (unpaired) electrons. The first kappa shape index (κ1) is 15.1. The largest absolute Gasteiger partial charge is 0.493 e. The van der Waals surface area contributed by atoms with Crippen LogP contribution in [0.5, 0.6) is 5.75 Å². The molecule has 0 unspecified atom stereocenters. The highest BCUT2D eigenvalue weighted by Crippen LogP contribution is 2.31. The van der Waals surface area contributed by atoms with Crippen LogP contribution in [0.15, 0.2) is 40.0 Å². The molecule has 2 heterocycles. The molecule has 0 atom stereocenters. The molecule has 7 heteroatoms. The van der Waals surface area contributed by atoms with Gasteiger partial charge >= 0.3 is 0 Å². The fourth-order valence-corrected chi connectivity index (χ4v) is 3.43. The van der Waals surface area contributed by atoms with E-state index in [1.807, 2.05) is 38.1 Å². The lowest BCUT2D eigenvalue weighted by atomic mass is 10.2.